The number of ether oxygens (including phenoxy) is 2. The van der Waals surface area contributed by atoms with Gasteiger partial charge in [-0.05, 0) is 60.8 Å². The van der Waals surface area contributed by atoms with Gasteiger partial charge in [0.2, 0.25) is 0 Å². The van der Waals surface area contributed by atoms with Gasteiger partial charge in [-0.3, -0.25) is 0 Å². The Bertz CT molecular complexity index is 1340. The number of nitriles is 1. The topological polar surface area (TPSA) is 83.5 Å². The van der Waals surface area contributed by atoms with Gasteiger partial charge in [0.1, 0.15) is 24.0 Å². The minimum Gasteiger partial charge on any atom is -0.488 e. The molecule has 6 nitrogen and oxygen atoms in total. The third-order valence-electron chi connectivity index (χ3n) is 7.23. The van der Waals surface area contributed by atoms with Crippen molar-refractivity contribution in [1.82, 2.24) is 5.32 Å². The fourth-order valence-electron chi connectivity index (χ4n) is 5.18. The van der Waals surface area contributed by atoms with Crippen LogP contribution in [-0.2, 0) is 30.9 Å². The summed E-state index contributed by atoms with van der Waals surface area (Å²) >= 11 is 0. The first-order valence-corrected chi connectivity index (χ1v) is 13.3. The van der Waals surface area contributed by atoms with Crippen molar-refractivity contribution < 1.29 is 18.3 Å². The number of halogens is 2. The lowest BCUT2D eigenvalue weighted by molar-refractivity contribution is 0.183. The number of hydrogen-bond donors (Lipinski definition) is 2. The number of nitrogens with one attached hydrogen (secondary N) is 1. The van der Waals surface area contributed by atoms with Crippen LogP contribution in [0.1, 0.15) is 59.1 Å². The lowest BCUT2D eigenvalue weighted by Gasteiger charge is -2.26. The molecule has 1 fully saturated rings. The van der Waals surface area contributed by atoms with E-state index in [0.29, 0.717) is 48.8 Å². The molecule has 3 N–H and O–H groups in total. The van der Waals surface area contributed by atoms with E-state index in [9.17, 15) is 5.26 Å². The van der Waals surface area contributed by atoms with Crippen molar-refractivity contribution in [2.45, 2.75) is 57.9 Å². The molecule has 0 spiro atoms. The molecule has 0 amide bonds. The van der Waals surface area contributed by atoms with Crippen LogP contribution < -0.4 is 20.7 Å². The molecule has 2 atom stereocenters. The number of benzene rings is 3. The van der Waals surface area contributed by atoms with Gasteiger partial charge in [-0.15, -0.1) is 0 Å². The lowest BCUT2D eigenvalue weighted by atomic mass is 10.0. The van der Waals surface area contributed by atoms with Crippen molar-refractivity contribution in [3.8, 4) is 11.8 Å². The summed E-state index contributed by atoms with van der Waals surface area (Å²) < 4.78 is 41.5. The molecule has 0 bridgehead atoms. The number of anilines is 1. The van der Waals surface area contributed by atoms with E-state index in [-0.39, 0.29) is 24.4 Å². The Morgan fingerprint density at radius 2 is 1.90 bits per heavy atom. The molecule has 1 aliphatic rings. The van der Waals surface area contributed by atoms with Gasteiger partial charge in [0, 0.05) is 36.7 Å². The summed E-state index contributed by atoms with van der Waals surface area (Å²) in [6, 6.07) is 16.1. The average molecular weight is 535 g/mol. The largest absolute Gasteiger partial charge is 0.488 e. The van der Waals surface area contributed by atoms with Crippen LogP contribution in [0.2, 0.25) is 0 Å². The lowest BCUT2D eigenvalue weighted by Crippen LogP contribution is -2.35. The fourth-order valence-corrected chi connectivity index (χ4v) is 5.18. The minimum atomic E-state index is -0.419. The van der Waals surface area contributed by atoms with Crippen molar-refractivity contribution in [3.63, 3.8) is 0 Å². The predicted molar refractivity (Wildman–Crippen MR) is 148 cm³/mol. The molecule has 4 rings (SSSR count). The van der Waals surface area contributed by atoms with Gasteiger partial charge in [-0.1, -0.05) is 37.6 Å². The highest BCUT2D eigenvalue weighted by Crippen LogP contribution is 2.47. The Morgan fingerprint density at radius 1 is 1.08 bits per heavy atom. The number of hydrogen-bond acceptors (Lipinski definition) is 6. The van der Waals surface area contributed by atoms with E-state index in [1.165, 1.54) is 6.07 Å². The van der Waals surface area contributed by atoms with Crippen molar-refractivity contribution in [1.29, 1.82) is 5.26 Å². The molecule has 1 saturated carbocycles. The van der Waals surface area contributed by atoms with Gasteiger partial charge >= 0.3 is 0 Å². The molecule has 0 aliphatic heterocycles. The van der Waals surface area contributed by atoms with Crippen LogP contribution in [0.4, 0.5) is 14.5 Å². The van der Waals surface area contributed by atoms with Crippen LogP contribution in [0.25, 0.3) is 0 Å². The normalized spacial score (nSPS) is 16.1. The van der Waals surface area contributed by atoms with Crippen molar-refractivity contribution >= 4 is 5.69 Å². The quantitative estimate of drug-likeness (QED) is 0.281. The summed E-state index contributed by atoms with van der Waals surface area (Å²) in [4.78, 5) is 1.98. The van der Waals surface area contributed by atoms with E-state index in [2.05, 4.69) is 11.4 Å². The van der Waals surface area contributed by atoms with Gasteiger partial charge < -0.3 is 25.4 Å². The Balaban J connectivity index is 1.50. The summed E-state index contributed by atoms with van der Waals surface area (Å²) in [5, 5.41) is 12.6. The monoisotopic (exact) mass is 534 g/mol. The van der Waals surface area contributed by atoms with Crippen LogP contribution >= 0.6 is 0 Å². The first-order valence-electron chi connectivity index (χ1n) is 13.3. The zero-order valence-electron chi connectivity index (χ0n) is 22.8. The second-order valence-corrected chi connectivity index (χ2v) is 9.88. The zero-order chi connectivity index (χ0) is 27.9. The average Bonchev–Trinajstić information content (AvgIpc) is 3.73. The summed E-state index contributed by atoms with van der Waals surface area (Å²) in [6.07, 6.45) is 2.35. The molecule has 206 valence electrons. The first kappa shape index (κ1) is 28.5. The number of rotatable bonds is 13. The Kier molecular flexibility index (Phi) is 9.52. The molecule has 3 aromatic carbocycles. The van der Waals surface area contributed by atoms with Crippen LogP contribution in [0.3, 0.4) is 0 Å². The summed E-state index contributed by atoms with van der Waals surface area (Å²) in [5.74, 6) is -0.0673. The molecule has 3 aromatic rings. The molecular weight excluding hydrogens is 498 g/mol. The number of methoxy groups -OCH3 is 1. The highest BCUT2D eigenvalue weighted by Gasteiger charge is 2.44. The first-order chi connectivity index (χ1) is 18.9. The molecule has 1 aliphatic carbocycles. The number of nitrogens with two attached hydrogens (primary N) is 1. The van der Waals surface area contributed by atoms with Crippen molar-refractivity contribution in [3.05, 3.63) is 93.5 Å². The van der Waals surface area contributed by atoms with E-state index in [1.54, 1.807) is 25.3 Å². The molecule has 0 saturated heterocycles. The minimum absolute atomic E-state index is 0.0199. The maximum atomic E-state index is 15.2. The van der Waals surface area contributed by atoms with Gasteiger partial charge in [0.25, 0.3) is 0 Å². The number of nitrogens with zero attached hydrogens (tertiary/aromatic N) is 2. The maximum Gasteiger partial charge on any atom is 0.147 e. The standard InChI is InChI=1S/C31H36F2N4O2/c1-4-6-20-13-30(28(33)12-24(20)15-34)37(19-36-2)29-14-25(29)21-9-10-23(27(32)11-21)18-39-31-8-5-7-22(17-38-3)26(31)16-35/h5,7-13,25,29,36H,4,6,14,16-19,35H2,1-3H3. The molecule has 8 heteroatoms. The van der Waals surface area contributed by atoms with Crippen LogP contribution in [0, 0.1) is 23.0 Å². The smallest absolute Gasteiger partial charge is 0.147 e. The maximum absolute atomic E-state index is 15.2. The second-order valence-electron chi connectivity index (χ2n) is 9.88. The van der Waals surface area contributed by atoms with E-state index in [0.717, 1.165) is 35.1 Å². The van der Waals surface area contributed by atoms with Gasteiger partial charge in [0.05, 0.1) is 30.6 Å². The molecule has 0 radical (unpaired) electrons. The highest BCUT2D eigenvalue weighted by molar-refractivity contribution is 5.58. The predicted octanol–water partition coefficient (Wildman–Crippen LogP) is 5.51. The zero-order valence-corrected chi connectivity index (χ0v) is 22.8. The van der Waals surface area contributed by atoms with Gasteiger partial charge in [-0.25, -0.2) is 8.78 Å². The Labute approximate surface area is 229 Å². The summed E-state index contributed by atoms with van der Waals surface area (Å²) in [7, 11) is 3.44. The van der Waals surface area contributed by atoms with Gasteiger partial charge in [0.15, 0.2) is 0 Å². The van der Waals surface area contributed by atoms with Crippen LogP contribution in [0.5, 0.6) is 5.75 Å². The summed E-state index contributed by atoms with van der Waals surface area (Å²) in [5.41, 5.74) is 10.7. The Morgan fingerprint density at radius 3 is 2.56 bits per heavy atom. The van der Waals surface area contributed by atoms with Crippen LogP contribution in [0.15, 0.2) is 48.5 Å². The van der Waals surface area contributed by atoms with E-state index >= 15 is 8.78 Å². The van der Waals surface area contributed by atoms with Crippen molar-refractivity contribution in [2.75, 3.05) is 25.7 Å². The van der Waals surface area contributed by atoms with Gasteiger partial charge in [-0.2, -0.15) is 5.26 Å². The van der Waals surface area contributed by atoms with E-state index < -0.39 is 5.82 Å². The third kappa shape index (κ3) is 6.39. The third-order valence-corrected chi connectivity index (χ3v) is 7.23. The Hall–Kier alpha value is -3.51. The fraction of sp³-hybridized carbons (Fsp3) is 0.387. The molecular formula is C31H36F2N4O2. The number of aryl methyl sites for hydroxylation is 1. The van der Waals surface area contributed by atoms with E-state index in [1.807, 2.05) is 43.1 Å². The van der Waals surface area contributed by atoms with E-state index in [4.69, 9.17) is 15.2 Å². The SMILES string of the molecule is CCCc1cc(N(CNC)C2CC2c2ccc(COc3cccc(COC)c3CN)c(F)c2)c(F)cc1C#N. The molecule has 2 unspecified atom stereocenters. The van der Waals surface area contributed by atoms with Crippen molar-refractivity contribution in [2.24, 2.45) is 5.73 Å². The summed E-state index contributed by atoms with van der Waals surface area (Å²) in [6.45, 7) is 3.27. The highest BCUT2D eigenvalue weighted by atomic mass is 19.1. The van der Waals surface area contributed by atoms with Crippen LogP contribution in [-0.4, -0.2) is 26.9 Å². The molecule has 39 heavy (non-hydrogen) atoms. The second kappa shape index (κ2) is 13.0. The molecule has 0 heterocycles. The molecule has 0 aromatic heterocycles.